The molecule has 0 aromatic heterocycles. The maximum atomic E-state index is 11.2. The zero-order valence-corrected chi connectivity index (χ0v) is 7.90. The second kappa shape index (κ2) is 2.89. The Morgan fingerprint density at radius 1 is 1.18 bits per heavy atom. The van der Waals surface area contributed by atoms with Crippen LogP contribution in [-0.4, -0.2) is 15.7 Å². The largest absolute Gasteiger partial charge is 0.260 e. The first-order valence-electron chi connectivity index (χ1n) is 4.60. The molecule has 64 valence electrons. The van der Waals surface area contributed by atoms with Gasteiger partial charge in [-0.15, -0.1) is 0 Å². The average molecular weight is 172 g/mol. The second-order valence-electron chi connectivity index (χ2n) is 4.21. The Kier molecular flexibility index (Phi) is 2.04. The van der Waals surface area contributed by atoms with Crippen molar-refractivity contribution in [3.8, 4) is 0 Å². The van der Waals surface area contributed by atoms with Gasteiger partial charge in [0, 0.05) is 22.3 Å². The zero-order valence-electron chi connectivity index (χ0n) is 7.08. The quantitative estimate of drug-likeness (QED) is 0.544. The molecule has 0 N–H and O–H groups in total. The zero-order chi connectivity index (χ0) is 7.84. The topological polar surface area (TPSA) is 17.1 Å². The Bertz CT molecular complexity index is 178. The first kappa shape index (κ1) is 7.78. The molecule has 1 saturated carbocycles. The summed E-state index contributed by atoms with van der Waals surface area (Å²) < 4.78 is 11.2. The molecule has 2 fully saturated rings. The van der Waals surface area contributed by atoms with Crippen LogP contribution in [0.1, 0.15) is 26.2 Å². The van der Waals surface area contributed by atoms with E-state index in [1.807, 2.05) is 0 Å². The van der Waals surface area contributed by atoms with Gasteiger partial charge in [-0.3, -0.25) is 4.21 Å². The standard InChI is InChI=1S/C9H16OS/c1-7-2-3-8-5-11(10)6-9(8)4-7/h7-9H,2-6H2,1H3. The van der Waals surface area contributed by atoms with Crippen LogP contribution in [0, 0.1) is 17.8 Å². The predicted molar refractivity (Wildman–Crippen MR) is 47.9 cm³/mol. The normalized spacial score (nSPS) is 50.6. The van der Waals surface area contributed by atoms with Crippen molar-refractivity contribution in [2.75, 3.05) is 11.5 Å². The summed E-state index contributed by atoms with van der Waals surface area (Å²) in [5.41, 5.74) is 0. The Hall–Kier alpha value is 0.150. The Balaban J connectivity index is 2.02. The van der Waals surface area contributed by atoms with Gasteiger partial charge in [-0.25, -0.2) is 0 Å². The monoisotopic (exact) mass is 172 g/mol. The SMILES string of the molecule is CC1CCC2CS(=O)CC2C1. The lowest BCUT2D eigenvalue weighted by atomic mass is 9.77. The van der Waals surface area contributed by atoms with Crippen molar-refractivity contribution in [2.24, 2.45) is 17.8 Å². The van der Waals surface area contributed by atoms with Gasteiger partial charge in [-0.2, -0.15) is 0 Å². The molecule has 1 heterocycles. The van der Waals surface area contributed by atoms with Gasteiger partial charge in [0.15, 0.2) is 0 Å². The summed E-state index contributed by atoms with van der Waals surface area (Å²) in [5.74, 6) is 4.56. The molecular formula is C9H16OS. The van der Waals surface area contributed by atoms with Crippen LogP contribution in [0.2, 0.25) is 0 Å². The smallest absolute Gasteiger partial charge is 0.0266 e. The van der Waals surface area contributed by atoms with Gasteiger partial charge < -0.3 is 0 Å². The Morgan fingerprint density at radius 3 is 2.73 bits per heavy atom. The van der Waals surface area contributed by atoms with Gasteiger partial charge in [0.05, 0.1) is 0 Å². The molecule has 11 heavy (non-hydrogen) atoms. The summed E-state index contributed by atoms with van der Waals surface area (Å²) in [4.78, 5) is 0. The molecule has 0 spiro atoms. The molecule has 0 amide bonds. The van der Waals surface area contributed by atoms with Crippen molar-refractivity contribution in [1.82, 2.24) is 0 Å². The van der Waals surface area contributed by atoms with E-state index in [0.29, 0.717) is 0 Å². The fourth-order valence-electron chi connectivity index (χ4n) is 2.53. The third-order valence-electron chi connectivity index (χ3n) is 3.20. The lowest BCUT2D eigenvalue weighted by Gasteiger charge is -2.28. The van der Waals surface area contributed by atoms with Gasteiger partial charge in [0.2, 0.25) is 0 Å². The van der Waals surface area contributed by atoms with E-state index in [4.69, 9.17) is 0 Å². The number of rotatable bonds is 0. The van der Waals surface area contributed by atoms with Crippen LogP contribution in [0.15, 0.2) is 0 Å². The van der Waals surface area contributed by atoms with Crippen molar-refractivity contribution in [1.29, 1.82) is 0 Å². The van der Waals surface area contributed by atoms with Crippen molar-refractivity contribution >= 4 is 10.8 Å². The number of fused-ring (bicyclic) bond motifs is 1. The highest BCUT2D eigenvalue weighted by atomic mass is 32.2. The van der Waals surface area contributed by atoms with Crippen LogP contribution in [0.3, 0.4) is 0 Å². The van der Waals surface area contributed by atoms with E-state index in [-0.39, 0.29) is 0 Å². The van der Waals surface area contributed by atoms with Crippen LogP contribution in [0.25, 0.3) is 0 Å². The van der Waals surface area contributed by atoms with E-state index >= 15 is 0 Å². The molecule has 4 unspecified atom stereocenters. The number of hydrogen-bond donors (Lipinski definition) is 0. The summed E-state index contributed by atoms with van der Waals surface area (Å²) >= 11 is 0. The number of hydrogen-bond acceptors (Lipinski definition) is 1. The van der Waals surface area contributed by atoms with Gasteiger partial charge in [0.25, 0.3) is 0 Å². The summed E-state index contributed by atoms with van der Waals surface area (Å²) in [5, 5.41) is 0. The maximum absolute atomic E-state index is 11.2. The van der Waals surface area contributed by atoms with E-state index in [0.717, 1.165) is 29.3 Å². The molecule has 0 aromatic carbocycles. The fraction of sp³-hybridized carbons (Fsp3) is 1.00. The highest BCUT2D eigenvalue weighted by Crippen LogP contribution is 2.38. The maximum Gasteiger partial charge on any atom is 0.0266 e. The van der Waals surface area contributed by atoms with Gasteiger partial charge in [-0.1, -0.05) is 13.3 Å². The van der Waals surface area contributed by atoms with Gasteiger partial charge in [0.1, 0.15) is 0 Å². The van der Waals surface area contributed by atoms with Crippen LogP contribution in [0.4, 0.5) is 0 Å². The minimum atomic E-state index is -0.458. The summed E-state index contributed by atoms with van der Waals surface area (Å²) in [6.07, 6.45) is 4.06. The molecule has 1 aliphatic carbocycles. The molecular weight excluding hydrogens is 156 g/mol. The van der Waals surface area contributed by atoms with Crippen molar-refractivity contribution < 1.29 is 4.21 Å². The molecule has 0 radical (unpaired) electrons. The van der Waals surface area contributed by atoms with E-state index in [2.05, 4.69) is 6.92 Å². The lowest BCUT2D eigenvalue weighted by molar-refractivity contribution is 0.238. The molecule has 1 nitrogen and oxygen atoms in total. The van der Waals surface area contributed by atoms with Crippen molar-refractivity contribution in [3.05, 3.63) is 0 Å². The average Bonchev–Trinajstić information content (AvgIpc) is 2.27. The third-order valence-corrected chi connectivity index (χ3v) is 4.80. The molecule has 1 aliphatic heterocycles. The highest BCUT2D eigenvalue weighted by Gasteiger charge is 2.35. The summed E-state index contributed by atoms with van der Waals surface area (Å²) in [6, 6.07) is 0. The summed E-state index contributed by atoms with van der Waals surface area (Å²) in [6.45, 7) is 2.33. The summed E-state index contributed by atoms with van der Waals surface area (Å²) in [7, 11) is -0.458. The van der Waals surface area contributed by atoms with E-state index in [1.54, 1.807) is 0 Å². The van der Waals surface area contributed by atoms with Gasteiger partial charge in [-0.05, 0) is 30.6 Å². The van der Waals surface area contributed by atoms with Crippen LogP contribution in [0.5, 0.6) is 0 Å². The van der Waals surface area contributed by atoms with Crippen LogP contribution >= 0.6 is 0 Å². The minimum absolute atomic E-state index is 0.458. The second-order valence-corrected chi connectivity index (χ2v) is 5.76. The van der Waals surface area contributed by atoms with Crippen LogP contribution < -0.4 is 0 Å². The van der Waals surface area contributed by atoms with E-state index in [1.165, 1.54) is 19.3 Å². The third kappa shape index (κ3) is 1.51. The highest BCUT2D eigenvalue weighted by molar-refractivity contribution is 7.85. The molecule has 0 bridgehead atoms. The fourth-order valence-corrected chi connectivity index (χ4v) is 4.47. The van der Waals surface area contributed by atoms with Gasteiger partial charge >= 0.3 is 0 Å². The molecule has 2 rings (SSSR count). The lowest BCUT2D eigenvalue weighted by Crippen LogP contribution is -2.21. The molecule has 0 aromatic rings. The molecule has 4 atom stereocenters. The Morgan fingerprint density at radius 2 is 1.91 bits per heavy atom. The van der Waals surface area contributed by atoms with E-state index in [9.17, 15) is 4.21 Å². The molecule has 2 aliphatic rings. The van der Waals surface area contributed by atoms with Crippen molar-refractivity contribution in [2.45, 2.75) is 26.2 Å². The minimum Gasteiger partial charge on any atom is -0.260 e. The first-order chi connectivity index (χ1) is 5.25. The Labute approximate surface area is 71.0 Å². The molecule has 1 saturated heterocycles. The first-order valence-corrected chi connectivity index (χ1v) is 6.09. The molecule has 2 heteroatoms. The van der Waals surface area contributed by atoms with E-state index < -0.39 is 10.8 Å². The predicted octanol–water partition coefficient (Wildman–Crippen LogP) is 1.80. The van der Waals surface area contributed by atoms with Crippen LogP contribution in [-0.2, 0) is 10.8 Å². The van der Waals surface area contributed by atoms with Crippen molar-refractivity contribution in [3.63, 3.8) is 0 Å².